The number of rotatable bonds is 10. The molecule has 0 fully saturated rings. The van der Waals surface area contributed by atoms with Gasteiger partial charge in [-0.05, 0) is 55.2 Å². The highest BCUT2D eigenvalue weighted by Crippen LogP contribution is 2.36. The Morgan fingerprint density at radius 1 is 0.909 bits per heavy atom. The summed E-state index contributed by atoms with van der Waals surface area (Å²) in [6.45, 7) is 8.57. The molecule has 3 aromatic rings. The Morgan fingerprint density at radius 2 is 1.55 bits per heavy atom. The molecule has 0 atom stereocenters. The van der Waals surface area contributed by atoms with Crippen molar-refractivity contribution in [2.75, 3.05) is 25.1 Å². The summed E-state index contributed by atoms with van der Waals surface area (Å²) in [6, 6.07) is 15.1. The van der Waals surface area contributed by atoms with Crippen molar-refractivity contribution >= 4 is 28.2 Å². The summed E-state index contributed by atoms with van der Waals surface area (Å²) in [7, 11) is 0. The molecule has 1 N–H and O–H groups in total. The first-order chi connectivity index (χ1) is 15.9. The van der Waals surface area contributed by atoms with E-state index in [1.165, 1.54) is 16.9 Å². The summed E-state index contributed by atoms with van der Waals surface area (Å²) < 4.78 is 16.2. The van der Waals surface area contributed by atoms with Crippen molar-refractivity contribution in [3.05, 3.63) is 65.0 Å². The van der Waals surface area contributed by atoms with Gasteiger partial charge < -0.3 is 19.5 Å². The lowest BCUT2D eigenvalue weighted by atomic mass is 9.98. The fourth-order valence-corrected chi connectivity index (χ4v) is 4.20. The molecule has 0 unspecified atom stereocenters. The molecule has 0 aliphatic rings. The van der Waals surface area contributed by atoms with Gasteiger partial charge in [0.05, 0.1) is 13.2 Å². The first kappa shape index (κ1) is 24.3. The van der Waals surface area contributed by atoms with Gasteiger partial charge in [0.1, 0.15) is 22.1 Å². The summed E-state index contributed by atoms with van der Waals surface area (Å²) in [6.07, 6.45) is 0. The lowest BCUT2D eigenvalue weighted by molar-refractivity contribution is -0.118. The molecular formula is C26H29NO5S. The minimum atomic E-state index is -0.468. The number of hydrogen-bond donors (Lipinski definition) is 1. The number of carbonyl (C=O) groups excluding carboxylic acids is 2. The Balaban J connectivity index is 1.75. The third-order valence-electron chi connectivity index (χ3n) is 4.92. The number of thiophene rings is 1. The quantitative estimate of drug-likeness (QED) is 0.363. The zero-order valence-electron chi connectivity index (χ0n) is 19.3. The molecule has 7 heteroatoms. The van der Waals surface area contributed by atoms with E-state index in [-0.39, 0.29) is 19.1 Å². The number of anilines is 1. The normalized spacial score (nSPS) is 10.7. The average Bonchev–Trinajstić information content (AvgIpc) is 3.22. The lowest BCUT2D eigenvalue weighted by Crippen LogP contribution is -2.21. The molecule has 0 radical (unpaired) electrons. The molecule has 0 spiro atoms. The van der Waals surface area contributed by atoms with Crippen molar-refractivity contribution in [2.24, 2.45) is 0 Å². The van der Waals surface area contributed by atoms with Crippen LogP contribution in [0, 0.1) is 0 Å². The Morgan fingerprint density at radius 3 is 2.12 bits per heavy atom. The van der Waals surface area contributed by atoms with Gasteiger partial charge >= 0.3 is 5.97 Å². The van der Waals surface area contributed by atoms with Gasteiger partial charge in [0.2, 0.25) is 0 Å². The number of benzene rings is 2. The van der Waals surface area contributed by atoms with Crippen LogP contribution in [0.25, 0.3) is 11.1 Å². The van der Waals surface area contributed by atoms with Crippen LogP contribution in [0.3, 0.4) is 0 Å². The predicted octanol–water partition coefficient (Wildman–Crippen LogP) is 6.13. The smallest absolute Gasteiger partial charge is 0.341 e. The molecule has 1 amide bonds. The second-order valence-corrected chi connectivity index (χ2v) is 8.47. The van der Waals surface area contributed by atoms with E-state index < -0.39 is 5.97 Å². The van der Waals surface area contributed by atoms with E-state index in [0.29, 0.717) is 28.8 Å². The van der Waals surface area contributed by atoms with E-state index in [2.05, 4.69) is 31.3 Å². The van der Waals surface area contributed by atoms with Crippen molar-refractivity contribution < 1.29 is 23.8 Å². The zero-order valence-corrected chi connectivity index (χ0v) is 20.2. The third kappa shape index (κ3) is 6.35. The first-order valence-electron chi connectivity index (χ1n) is 11.0. The molecular weight excluding hydrogens is 438 g/mol. The van der Waals surface area contributed by atoms with Crippen LogP contribution < -0.4 is 14.8 Å². The summed E-state index contributed by atoms with van der Waals surface area (Å²) in [4.78, 5) is 25.3. The van der Waals surface area contributed by atoms with E-state index in [0.717, 1.165) is 16.9 Å². The maximum Gasteiger partial charge on any atom is 0.341 e. The molecule has 6 nitrogen and oxygen atoms in total. The van der Waals surface area contributed by atoms with Crippen LogP contribution in [0.2, 0.25) is 0 Å². The molecule has 3 rings (SSSR count). The minimum absolute atomic E-state index is 0.188. The largest absolute Gasteiger partial charge is 0.494 e. The fraction of sp³-hybridized carbons (Fsp3) is 0.308. The third-order valence-corrected chi connectivity index (χ3v) is 5.81. The van der Waals surface area contributed by atoms with Crippen LogP contribution in [0.5, 0.6) is 11.5 Å². The maximum absolute atomic E-state index is 12.7. The van der Waals surface area contributed by atoms with Crippen LogP contribution in [0.4, 0.5) is 5.00 Å². The first-order valence-corrected chi connectivity index (χ1v) is 11.8. The lowest BCUT2D eigenvalue weighted by Gasteiger charge is -2.11. The molecule has 0 bridgehead atoms. The molecule has 0 saturated carbocycles. The highest BCUT2D eigenvalue weighted by atomic mass is 32.1. The Kier molecular flexibility index (Phi) is 8.49. The second kappa shape index (κ2) is 11.5. The highest BCUT2D eigenvalue weighted by Gasteiger charge is 2.23. The van der Waals surface area contributed by atoms with Gasteiger partial charge in [-0.1, -0.05) is 38.1 Å². The van der Waals surface area contributed by atoms with Gasteiger partial charge in [-0.2, -0.15) is 0 Å². The molecule has 2 aromatic carbocycles. The van der Waals surface area contributed by atoms with Crippen LogP contribution in [-0.2, 0) is 9.53 Å². The number of esters is 1. The van der Waals surface area contributed by atoms with E-state index in [1.807, 2.05) is 24.4 Å². The number of carbonyl (C=O) groups is 2. The van der Waals surface area contributed by atoms with Crippen molar-refractivity contribution in [3.63, 3.8) is 0 Å². The van der Waals surface area contributed by atoms with E-state index in [1.54, 1.807) is 31.2 Å². The Labute approximate surface area is 198 Å². The van der Waals surface area contributed by atoms with Gasteiger partial charge in [0, 0.05) is 10.9 Å². The molecule has 0 aliphatic carbocycles. The van der Waals surface area contributed by atoms with Crippen LogP contribution in [0.1, 0.15) is 49.5 Å². The SMILES string of the molecule is CCOC(=O)c1c(-c2ccc(C(C)C)cc2)csc1NC(=O)COc1ccc(OCC)cc1. The van der Waals surface area contributed by atoms with Crippen molar-refractivity contribution in [1.29, 1.82) is 0 Å². The van der Waals surface area contributed by atoms with E-state index in [9.17, 15) is 9.59 Å². The Bertz CT molecular complexity index is 1070. The fourth-order valence-electron chi connectivity index (χ4n) is 3.23. The molecule has 33 heavy (non-hydrogen) atoms. The molecule has 1 aromatic heterocycles. The van der Waals surface area contributed by atoms with Gasteiger partial charge in [0.25, 0.3) is 5.91 Å². The van der Waals surface area contributed by atoms with E-state index in [4.69, 9.17) is 14.2 Å². The van der Waals surface area contributed by atoms with Crippen LogP contribution in [0.15, 0.2) is 53.9 Å². The van der Waals surface area contributed by atoms with Gasteiger partial charge in [-0.15, -0.1) is 11.3 Å². The number of nitrogens with one attached hydrogen (secondary N) is 1. The molecule has 174 valence electrons. The zero-order chi connectivity index (χ0) is 23.8. The molecule has 1 heterocycles. The number of ether oxygens (including phenoxy) is 3. The topological polar surface area (TPSA) is 73.9 Å². The maximum atomic E-state index is 12.7. The number of amides is 1. The monoisotopic (exact) mass is 467 g/mol. The second-order valence-electron chi connectivity index (χ2n) is 7.59. The van der Waals surface area contributed by atoms with Crippen molar-refractivity contribution in [2.45, 2.75) is 33.6 Å². The summed E-state index contributed by atoms with van der Waals surface area (Å²) in [5.74, 6) is 0.871. The van der Waals surface area contributed by atoms with Crippen LogP contribution in [-0.4, -0.2) is 31.7 Å². The van der Waals surface area contributed by atoms with Crippen molar-refractivity contribution in [3.8, 4) is 22.6 Å². The van der Waals surface area contributed by atoms with Gasteiger partial charge in [-0.3, -0.25) is 4.79 Å². The Hall–Kier alpha value is -3.32. The summed E-state index contributed by atoms with van der Waals surface area (Å²) in [5.41, 5.74) is 3.20. The molecule has 0 aliphatic heterocycles. The molecule has 0 saturated heterocycles. The average molecular weight is 468 g/mol. The van der Waals surface area contributed by atoms with Gasteiger partial charge in [0.15, 0.2) is 6.61 Å². The van der Waals surface area contributed by atoms with Crippen molar-refractivity contribution in [1.82, 2.24) is 0 Å². The number of hydrogen-bond acceptors (Lipinski definition) is 6. The van der Waals surface area contributed by atoms with Gasteiger partial charge in [-0.25, -0.2) is 4.79 Å². The van der Waals surface area contributed by atoms with E-state index >= 15 is 0 Å². The predicted molar refractivity (Wildman–Crippen MR) is 132 cm³/mol. The minimum Gasteiger partial charge on any atom is -0.494 e. The summed E-state index contributed by atoms with van der Waals surface area (Å²) in [5, 5.41) is 5.10. The standard InChI is InChI=1S/C26H29NO5S/c1-5-30-20-11-13-21(14-12-20)32-15-23(28)27-25-24(26(29)31-6-2)22(16-33-25)19-9-7-18(8-10-19)17(3)4/h7-14,16-17H,5-6,15H2,1-4H3,(H,27,28). The highest BCUT2D eigenvalue weighted by molar-refractivity contribution is 7.15. The summed E-state index contributed by atoms with van der Waals surface area (Å²) >= 11 is 1.29. The van der Waals surface area contributed by atoms with Crippen LogP contribution >= 0.6 is 11.3 Å².